The molecule has 2 aromatic heterocycles. The van der Waals surface area contributed by atoms with E-state index in [-0.39, 0.29) is 12.5 Å². The third-order valence-electron chi connectivity index (χ3n) is 2.93. The number of fused-ring (bicyclic) bond motifs is 1. The van der Waals surface area contributed by atoms with E-state index in [9.17, 15) is 0 Å². The molecule has 0 fully saturated rings. The highest BCUT2D eigenvalue weighted by Crippen LogP contribution is 2.19. The van der Waals surface area contributed by atoms with Gasteiger partial charge in [-0.05, 0) is 12.1 Å². The van der Waals surface area contributed by atoms with Gasteiger partial charge in [0.25, 0.3) is 5.89 Å². The van der Waals surface area contributed by atoms with Crippen molar-refractivity contribution in [3.8, 4) is 5.75 Å². The molecule has 0 aliphatic heterocycles. The Morgan fingerprint density at radius 1 is 1.25 bits per heavy atom. The van der Waals surface area contributed by atoms with Crippen LogP contribution in [0, 0.1) is 0 Å². The molecular weight excluding hydrogens is 254 g/mol. The molecule has 3 rings (SSSR count). The van der Waals surface area contributed by atoms with Crippen LogP contribution in [0.2, 0.25) is 0 Å². The molecule has 0 aliphatic carbocycles. The van der Waals surface area contributed by atoms with Crippen LogP contribution >= 0.6 is 0 Å². The molecule has 20 heavy (non-hydrogen) atoms. The Balaban J connectivity index is 1.72. The molecule has 5 nitrogen and oxygen atoms in total. The van der Waals surface area contributed by atoms with Crippen LogP contribution in [0.5, 0.6) is 5.75 Å². The fraction of sp³-hybridized carbons (Fsp3) is 0.267. The number of rotatable bonds is 4. The van der Waals surface area contributed by atoms with Gasteiger partial charge in [-0.2, -0.15) is 4.98 Å². The van der Waals surface area contributed by atoms with Crippen LogP contribution < -0.4 is 4.74 Å². The minimum atomic E-state index is 0.245. The first-order valence-corrected chi connectivity index (χ1v) is 6.52. The quantitative estimate of drug-likeness (QED) is 0.727. The van der Waals surface area contributed by atoms with E-state index in [2.05, 4.69) is 15.1 Å². The van der Waals surface area contributed by atoms with Gasteiger partial charge in [0.05, 0.1) is 11.7 Å². The van der Waals surface area contributed by atoms with Crippen LogP contribution in [-0.2, 0) is 6.61 Å². The zero-order valence-electron chi connectivity index (χ0n) is 11.4. The van der Waals surface area contributed by atoms with Gasteiger partial charge in [0.1, 0.15) is 5.75 Å². The molecule has 0 saturated carbocycles. The number of para-hydroxylation sites is 1. The third-order valence-corrected chi connectivity index (χ3v) is 2.93. The molecule has 5 heteroatoms. The maximum absolute atomic E-state index is 5.63. The number of nitrogens with zero attached hydrogens (tertiary/aromatic N) is 3. The van der Waals surface area contributed by atoms with Crippen molar-refractivity contribution in [1.29, 1.82) is 0 Å². The zero-order chi connectivity index (χ0) is 13.9. The van der Waals surface area contributed by atoms with E-state index >= 15 is 0 Å². The minimum absolute atomic E-state index is 0.245. The summed E-state index contributed by atoms with van der Waals surface area (Å²) >= 11 is 0. The van der Waals surface area contributed by atoms with Crippen LogP contribution in [-0.4, -0.2) is 15.1 Å². The standard InChI is InChI=1S/C15H15N3O2/c1-10(2)15-17-14(20-18-15)9-19-12-7-11-5-3-4-6-13(11)16-8-12/h3-8,10H,9H2,1-2H3. The molecule has 3 aromatic rings. The molecule has 102 valence electrons. The summed E-state index contributed by atoms with van der Waals surface area (Å²) in [6, 6.07) is 9.84. The number of hydrogen-bond acceptors (Lipinski definition) is 5. The maximum atomic E-state index is 5.63. The molecule has 0 amide bonds. The average Bonchev–Trinajstić information content (AvgIpc) is 2.94. The van der Waals surface area contributed by atoms with Crippen molar-refractivity contribution in [2.24, 2.45) is 0 Å². The third kappa shape index (κ3) is 2.61. The van der Waals surface area contributed by atoms with E-state index in [4.69, 9.17) is 9.26 Å². The Morgan fingerprint density at radius 2 is 2.10 bits per heavy atom. The minimum Gasteiger partial charge on any atom is -0.482 e. The van der Waals surface area contributed by atoms with Gasteiger partial charge in [-0.15, -0.1) is 0 Å². The highest BCUT2D eigenvalue weighted by atomic mass is 16.5. The van der Waals surface area contributed by atoms with E-state index in [1.807, 2.05) is 44.2 Å². The van der Waals surface area contributed by atoms with Crippen LogP contribution in [0.1, 0.15) is 31.5 Å². The van der Waals surface area contributed by atoms with Crippen molar-refractivity contribution in [1.82, 2.24) is 15.1 Å². The second-order valence-corrected chi connectivity index (χ2v) is 4.85. The van der Waals surface area contributed by atoms with Gasteiger partial charge in [0.15, 0.2) is 12.4 Å². The van der Waals surface area contributed by atoms with Crippen molar-refractivity contribution in [3.63, 3.8) is 0 Å². The SMILES string of the molecule is CC(C)c1noc(COc2cnc3ccccc3c2)n1. The first kappa shape index (κ1) is 12.6. The molecule has 0 N–H and O–H groups in total. The monoisotopic (exact) mass is 269 g/mol. The number of hydrogen-bond donors (Lipinski definition) is 0. The number of ether oxygens (including phenoxy) is 1. The number of pyridine rings is 1. The van der Waals surface area contributed by atoms with E-state index in [0.29, 0.717) is 17.5 Å². The summed E-state index contributed by atoms with van der Waals surface area (Å²) in [5, 5.41) is 4.94. The Hall–Kier alpha value is -2.43. The van der Waals surface area contributed by atoms with Gasteiger partial charge in [0, 0.05) is 11.3 Å². The van der Waals surface area contributed by atoms with Gasteiger partial charge < -0.3 is 9.26 Å². The van der Waals surface area contributed by atoms with Crippen molar-refractivity contribution < 1.29 is 9.26 Å². The van der Waals surface area contributed by atoms with Crippen molar-refractivity contribution >= 4 is 10.9 Å². The summed E-state index contributed by atoms with van der Waals surface area (Å²) in [7, 11) is 0. The molecular formula is C15H15N3O2. The van der Waals surface area contributed by atoms with Gasteiger partial charge in [-0.1, -0.05) is 37.2 Å². The topological polar surface area (TPSA) is 61.0 Å². The molecule has 0 atom stereocenters. The Morgan fingerprint density at radius 3 is 2.90 bits per heavy atom. The van der Waals surface area contributed by atoms with Crippen LogP contribution in [0.3, 0.4) is 0 Å². The Kier molecular flexibility index (Phi) is 3.33. The summed E-state index contributed by atoms with van der Waals surface area (Å²) in [5.74, 6) is 2.10. The molecule has 0 aliphatic rings. The fourth-order valence-electron chi connectivity index (χ4n) is 1.84. The second-order valence-electron chi connectivity index (χ2n) is 4.85. The van der Waals surface area contributed by atoms with Crippen LogP contribution in [0.15, 0.2) is 41.1 Å². The van der Waals surface area contributed by atoms with Gasteiger partial charge in [0.2, 0.25) is 0 Å². The first-order valence-electron chi connectivity index (χ1n) is 6.52. The van der Waals surface area contributed by atoms with Gasteiger partial charge >= 0.3 is 0 Å². The lowest BCUT2D eigenvalue weighted by Crippen LogP contribution is -1.97. The summed E-state index contributed by atoms with van der Waals surface area (Å²) in [6.45, 7) is 4.28. The second kappa shape index (κ2) is 5.28. The van der Waals surface area contributed by atoms with Gasteiger partial charge in [-0.25, -0.2) is 0 Å². The lowest BCUT2D eigenvalue weighted by atomic mass is 10.2. The average molecular weight is 269 g/mol. The van der Waals surface area contributed by atoms with E-state index in [0.717, 1.165) is 10.9 Å². The van der Waals surface area contributed by atoms with Crippen molar-refractivity contribution in [2.75, 3.05) is 0 Å². The molecule has 2 heterocycles. The molecule has 1 aromatic carbocycles. The smallest absolute Gasteiger partial charge is 0.264 e. The first-order chi connectivity index (χ1) is 9.72. The lowest BCUT2D eigenvalue weighted by molar-refractivity contribution is 0.242. The van der Waals surface area contributed by atoms with Crippen molar-refractivity contribution in [3.05, 3.63) is 48.2 Å². The van der Waals surface area contributed by atoms with Crippen LogP contribution in [0.25, 0.3) is 10.9 Å². The van der Waals surface area contributed by atoms with Crippen LogP contribution in [0.4, 0.5) is 0 Å². The lowest BCUT2D eigenvalue weighted by Gasteiger charge is -2.03. The summed E-state index contributed by atoms with van der Waals surface area (Å²) in [4.78, 5) is 8.60. The zero-order valence-corrected chi connectivity index (χ0v) is 11.4. The predicted octanol–water partition coefficient (Wildman–Crippen LogP) is 3.32. The summed E-state index contributed by atoms with van der Waals surface area (Å²) < 4.78 is 10.8. The molecule has 0 radical (unpaired) electrons. The van der Waals surface area contributed by atoms with Crippen molar-refractivity contribution in [2.45, 2.75) is 26.4 Å². The Labute approximate surface area is 116 Å². The number of aromatic nitrogens is 3. The normalized spacial score (nSPS) is 11.2. The van der Waals surface area contributed by atoms with E-state index in [1.165, 1.54) is 0 Å². The molecule has 0 saturated heterocycles. The fourth-order valence-corrected chi connectivity index (χ4v) is 1.84. The highest BCUT2D eigenvalue weighted by molar-refractivity contribution is 5.79. The number of benzene rings is 1. The molecule has 0 spiro atoms. The maximum Gasteiger partial charge on any atom is 0.264 e. The molecule has 0 bridgehead atoms. The van der Waals surface area contributed by atoms with E-state index in [1.54, 1.807) is 6.20 Å². The largest absolute Gasteiger partial charge is 0.482 e. The Bertz CT molecular complexity index is 722. The van der Waals surface area contributed by atoms with Gasteiger partial charge in [-0.3, -0.25) is 4.98 Å². The van der Waals surface area contributed by atoms with E-state index < -0.39 is 0 Å². The molecule has 0 unspecified atom stereocenters. The summed E-state index contributed by atoms with van der Waals surface area (Å²) in [6.07, 6.45) is 1.70. The highest BCUT2D eigenvalue weighted by Gasteiger charge is 2.10. The predicted molar refractivity (Wildman–Crippen MR) is 74.5 cm³/mol. The summed E-state index contributed by atoms with van der Waals surface area (Å²) in [5.41, 5.74) is 0.944.